The van der Waals surface area contributed by atoms with Crippen molar-refractivity contribution < 1.29 is 9.59 Å². The van der Waals surface area contributed by atoms with Gasteiger partial charge in [0, 0.05) is 42.8 Å². The van der Waals surface area contributed by atoms with E-state index in [0.29, 0.717) is 23.2 Å². The summed E-state index contributed by atoms with van der Waals surface area (Å²) >= 11 is 0. The van der Waals surface area contributed by atoms with Crippen molar-refractivity contribution in [3.63, 3.8) is 0 Å². The molecule has 0 radical (unpaired) electrons. The molecular weight excluding hydrogens is 454 g/mol. The van der Waals surface area contributed by atoms with Crippen molar-refractivity contribution >= 4 is 17.5 Å². The zero-order valence-electron chi connectivity index (χ0n) is 20.2. The highest BCUT2D eigenvalue weighted by Gasteiger charge is 2.56. The summed E-state index contributed by atoms with van der Waals surface area (Å²) < 4.78 is 1.47. The minimum atomic E-state index is -0.973. The molecule has 3 aromatic rings. The van der Waals surface area contributed by atoms with Gasteiger partial charge in [-0.15, -0.1) is 0 Å². The Kier molecular flexibility index (Phi) is 5.92. The van der Waals surface area contributed by atoms with Crippen LogP contribution >= 0.6 is 0 Å². The van der Waals surface area contributed by atoms with E-state index in [-0.39, 0.29) is 36.3 Å². The molecule has 1 spiro atoms. The largest absolute Gasteiger partial charge is 0.325 e. The predicted molar refractivity (Wildman–Crippen MR) is 135 cm³/mol. The highest BCUT2D eigenvalue weighted by Crippen LogP contribution is 2.46. The summed E-state index contributed by atoms with van der Waals surface area (Å²) in [5.74, 6) is -0.405. The van der Waals surface area contributed by atoms with Crippen LogP contribution in [0, 0.1) is 17.2 Å². The molecule has 36 heavy (non-hydrogen) atoms. The minimum absolute atomic E-state index is 0.0975. The first kappa shape index (κ1) is 23.5. The third kappa shape index (κ3) is 3.77. The lowest BCUT2D eigenvalue weighted by atomic mass is 9.80. The number of likely N-dealkylation sites (tertiary alicyclic amines) is 1. The van der Waals surface area contributed by atoms with E-state index < -0.39 is 17.5 Å². The number of nitriles is 1. The first-order chi connectivity index (χ1) is 17.4. The summed E-state index contributed by atoms with van der Waals surface area (Å²) in [6.45, 7) is 4.08. The van der Waals surface area contributed by atoms with Gasteiger partial charge in [-0.1, -0.05) is 32.0 Å². The SMILES string of the molecule is CC(C)C[C@@H](C(=O)N1C[C@]2(C[C@H]1C#N)C(=O)Nc1ccccc12)n1cccc(-c2ccncc2)c1=O. The summed E-state index contributed by atoms with van der Waals surface area (Å²) in [7, 11) is 0. The van der Waals surface area contributed by atoms with Gasteiger partial charge in [-0.05, 0) is 53.8 Å². The Hall–Kier alpha value is -4.25. The zero-order valence-corrected chi connectivity index (χ0v) is 20.2. The Morgan fingerprint density at radius 1 is 1.17 bits per heavy atom. The lowest BCUT2D eigenvalue weighted by molar-refractivity contribution is -0.135. The van der Waals surface area contributed by atoms with Gasteiger partial charge >= 0.3 is 0 Å². The number of aromatic nitrogens is 2. The molecule has 8 heteroatoms. The number of para-hydroxylation sites is 1. The molecule has 3 atom stereocenters. The van der Waals surface area contributed by atoms with Gasteiger partial charge in [-0.25, -0.2) is 0 Å². The maximum Gasteiger partial charge on any atom is 0.259 e. The number of carbonyl (C=O) groups is 2. The number of hydrogen-bond donors (Lipinski definition) is 1. The Labute approximate surface area is 209 Å². The average Bonchev–Trinajstić information content (AvgIpc) is 3.41. The second kappa shape index (κ2) is 9.08. The van der Waals surface area contributed by atoms with E-state index >= 15 is 0 Å². The molecule has 0 aliphatic carbocycles. The number of hydrogen-bond acceptors (Lipinski definition) is 5. The fraction of sp³-hybridized carbons (Fsp3) is 0.321. The van der Waals surface area contributed by atoms with Crippen LogP contribution in [0.5, 0.6) is 0 Å². The van der Waals surface area contributed by atoms with E-state index in [4.69, 9.17) is 0 Å². The van der Waals surface area contributed by atoms with Crippen LogP contribution in [0.1, 0.15) is 38.3 Å². The molecule has 0 bridgehead atoms. The summed E-state index contributed by atoms with van der Waals surface area (Å²) in [6, 6.07) is 15.1. The van der Waals surface area contributed by atoms with Crippen LogP contribution in [-0.2, 0) is 15.0 Å². The van der Waals surface area contributed by atoms with Crippen molar-refractivity contribution in [3.8, 4) is 17.2 Å². The summed E-state index contributed by atoms with van der Waals surface area (Å²) in [5.41, 5.74) is 1.46. The van der Waals surface area contributed by atoms with E-state index in [1.165, 1.54) is 9.47 Å². The molecule has 1 saturated heterocycles. The third-order valence-corrected chi connectivity index (χ3v) is 7.20. The lowest BCUT2D eigenvalue weighted by Gasteiger charge is -2.29. The number of fused-ring (bicyclic) bond motifs is 2. The highest BCUT2D eigenvalue weighted by atomic mass is 16.2. The van der Waals surface area contributed by atoms with E-state index in [1.54, 1.807) is 42.9 Å². The second-order valence-electron chi connectivity index (χ2n) is 9.91. The quantitative estimate of drug-likeness (QED) is 0.600. The van der Waals surface area contributed by atoms with Crippen LogP contribution in [0.3, 0.4) is 0 Å². The highest BCUT2D eigenvalue weighted by molar-refractivity contribution is 6.07. The first-order valence-corrected chi connectivity index (χ1v) is 12.1. The van der Waals surface area contributed by atoms with Crippen LogP contribution in [0.2, 0.25) is 0 Å². The van der Waals surface area contributed by atoms with Gasteiger partial charge < -0.3 is 14.8 Å². The predicted octanol–water partition coefficient (Wildman–Crippen LogP) is 3.51. The molecule has 5 rings (SSSR count). The molecule has 182 valence electrons. The minimum Gasteiger partial charge on any atom is -0.325 e. The van der Waals surface area contributed by atoms with Gasteiger partial charge in [0.1, 0.15) is 12.1 Å². The molecule has 8 nitrogen and oxygen atoms in total. The van der Waals surface area contributed by atoms with Crippen molar-refractivity contribution in [2.45, 2.75) is 44.2 Å². The summed E-state index contributed by atoms with van der Waals surface area (Å²) in [4.78, 5) is 46.3. The molecule has 2 amide bonds. The Bertz CT molecular complexity index is 1420. The summed E-state index contributed by atoms with van der Waals surface area (Å²) in [6.07, 6.45) is 5.51. The number of nitrogens with one attached hydrogen (secondary N) is 1. The number of benzene rings is 1. The van der Waals surface area contributed by atoms with Crippen molar-refractivity contribution in [3.05, 3.63) is 83.0 Å². The Balaban J connectivity index is 1.55. The van der Waals surface area contributed by atoms with Crippen LogP contribution in [0.15, 0.2) is 71.9 Å². The average molecular weight is 482 g/mol. The van der Waals surface area contributed by atoms with Gasteiger partial charge in [-0.3, -0.25) is 19.4 Å². The van der Waals surface area contributed by atoms with Crippen molar-refractivity contribution in [2.24, 2.45) is 5.92 Å². The Morgan fingerprint density at radius 2 is 1.92 bits per heavy atom. The van der Waals surface area contributed by atoms with Gasteiger partial charge in [0.05, 0.1) is 11.5 Å². The number of carbonyl (C=O) groups excluding carboxylic acids is 2. The number of amides is 2. The van der Waals surface area contributed by atoms with Gasteiger partial charge in [0.25, 0.3) is 5.56 Å². The molecule has 4 heterocycles. The van der Waals surface area contributed by atoms with Crippen LogP contribution in [-0.4, -0.2) is 38.9 Å². The monoisotopic (exact) mass is 481 g/mol. The fourth-order valence-electron chi connectivity index (χ4n) is 5.46. The Morgan fingerprint density at radius 3 is 2.64 bits per heavy atom. The van der Waals surface area contributed by atoms with Crippen molar-refractivity contribution in [1.29, 1.82) is 5.26 Å². The van der Waals surface area contributed by atoms with Crippen molar-refractivity contribution in [2.75, 3.05) is 11.9 Å². The van der Waals surface area contributed by atoms with Gasteiger partial charge in [0.2, 0.25) is 11.8 Å². The summed E-state index contributed by atoms with van der Waals surface area (Å²) in [5, 5.41) is 12.9. The molecule has 1 N–H and O–H groups in total. The number of rotatable bonds is 5. The van der Waals surface area contributed by atoms with Gasteiger partial charge in [0.15, 0.2) is 0 Å². The molecule has 0 unspecified atom stereocenters. The molecule has 2 aliphatic heterocycles. The van der Waals surface area contributed by atoms with Crippen LogP contribution in [0.4, 0.5) is 5.69 Å². The van der Waals surface area contributed by atoms with E-state index in [9.17, 15) is 19.6 Å². The maximum atomic E-state index is 14.1. The lowest BCUT2D eigenvalue weighted by Crippen LogP contribution is -2.45. The van der Waals surface area contributed by atoms with Crippen LogP contribution < -0.4 is 10.9 Å². The first-order valence-electron chi connectivity index (χ1n) is 12.1. The van der Waals surface area contributed by atoms with E-state index in [1.807, 2.05) is 38.1 Å². The van der Waals surface area contributed by atoms with E-state index in [0.717, 1.165) is 5.56 Å². The number of pyridine rings is 2. The second-order valence-corrected chi connectivity index (χ2v) is 9.91. The van der Waals surface area contributed by atoms with Crippen LogP contribution in [0.25, 0.3) is 11.1 Å². The number of anilines is 1. The van der Waals surface area contributed by atoms with E-state index in [2.05, 4.69) is 16.4 Å². The molecule has 1 fully saturated rings. The molecule has 0 saturated carbocycles. The normalized spacial score (nSPS) is 21.3. The molecule has 2 aliphatic rings. The third-order valence-electron chi connectivity index (χ3n) is 7.20. The maximum absolute atomic E-state index is 14.1. The fourth-order valence-corrected chi connectivity index (χ4v) is 5.46. The standard InChI is InChI=1S/C28H27N5O3/c1-18(2)14-24(32-13-5-6-21(25(32)34)19-9-11-30-12-10-19)26(35)33-17-28(15-20(33)16-29)22-7-3-4-8-23(22)31-27(28)36/h3-13,18,20,24H,14-15,17H2,1-2H3,(H,31,36)/t20-,24-,28-/m0/s1. The molecule has 2 aromatic heterocycles. The number of nitrogens with zero attached hydrogens (tertiary/aromatic N) is 4. The van der Waals surface area contributed by atoms with Gasteiger partial charge in [-0.2, -0.15) is 5.26 Å². The topological polar surface area (TPSA) is 108 Å². The van der Waals surface area contributed by atoms with Crippen molar-refractivity contribution in [1.82, 2.24) is 14.5 Å². The zero-order chi connectivity index (χ0) is 25.4. The smallest absolute Gasteiger partial charge is 0.259 e. The molecular formula is C28H27N5O3. The molecule has 1 aromatic carbocycles.